The Hall–Kier alpha value is -3.52. The van der Waals surface area contributed by atoms with Gasteiger partial charge in [0.15, 0.2) is 22.5 Å². The first-order valence-electron chi connectivity index (χ1n) is 9.88. The van der Waals surface area contributed by atoms with Gasteiger partial charge in [-0.15, -0.1) is 22.7 Å². The highest BCUT2D eigenvalue weighted by molar-refractivity contribution is 7.14. The van der Waals surface area contributed by atoms with Gasteiger partial charge in [-0.1, -0.05) is 0 Å². The minimum absolute atomic E-state index is 0.0230. The molecule has 184 valence electrons. The lowest BCUT2D eigenvalue weighted by Crippen LogP contribution is -2.36. The standard InChI is InChI=1S/C21H16F4N4O4S2/c1-28-13-8-34-14(17(13)19(31)29(2)21(28)32)5-16(30)27-20-26-12(7-35-20)9-3-10(22)18(11(23)4-9)33-6-15(24)25/h3-4,7-8,15H,5-6H2,1-2H3,(H,26,27,30). The van der Waals surface area contributed by atoms with E-state index >= 15 is 0 Å². The summed E-state index contributed by atoms with van der Waals surface area (Å²) in [4.78, 5) is 41.8. The van der Waals surface area contributed by atoms with Crippen molar-refractivity contribution >= 4 is 44.6 Å². The van der Waals surface area contributed by atoms with Crippen molar-refractivity contribution in [1.82, 2.24) is 14.1 Å². The fourth-order valence-electron chi connectivity index (χ4n) is 3.34. The molecule has 0 saturated carbocycles. The van der Waals surface area contributed by atoms with E-state index in [1.54, 1.807) is 5.38 Å². The Morgan fingerprint density at radius 3 is 2.46 bits per heavy atom. The molecule has 0 unspecified atom stereocenters. The van der Waals surface area contributed by atoms with Gasteiger partial charge in [-0.05, 0) is 12.1 Å². The number of aryl methyl sites for hydroxylation is 1. The van der Waals surface area contributed by atoms with Gasteiger partial charge in [0.25, 0.3) is 12.0 Å². The number of anilines is 1. The zero-order valence-corrected chi connectivity index (χ0v) is 19.7. The van der Waals surface area contributed by atoms with Crippen molar-refractivity contribution in [3.8, 4) is 17.0 Å². The molecule has 0 radical (unpaired) electrons. The third-order valence-electron chi connectivity index (χ3n) is 5.02. The first-order valence-corrected chi connectivity index (χ1v) is 11.6. The van der Waals surface area contributed by atoms with Crippen molar-refractivity contribution in [3.05, 3.63) is 60.2 Å². The van der Waals surface area contributed by atoms with E-state index in [0.717, 1.165) is 28.0 Å². The summed E-state index contributed by atoms with van der Waals surface area (Å²) in [5.74, 6) is -3.73. The maximum atomic E-state index is 14.2. The summed E-state index contributed by atoms with van der Waals surface area (Å²) in [5, 5.41) is 6.07. The molecule has 8 nitrogen and oxygen atoms in total. The first-order chi connectivity index (χ1) is 16.6. The number of amides is 1. The van der Waals surface area contributed by atoms with Crippen molar-refractivity contribution in [3.63, 3.8) is 0 Å². The number of ether oxygens (including phenoxy) is 1. The Kier molecular flexibility index (Phi) is 6.76. The molecule has 14 heteroatoms. The molecule has 0 atom stereocenters. The van der Waals surface area contributed by atoms with E-state index < -0.39 is 47.6 Å². The number of rotatable bonds is 7. The van der Waals surface area contributed by atoms with Gasteiger partial charge in [0.1, 0.15) is 6.61 Å². The summed E-state index contributed by atoms with van der Waals surface area (Å²) in [6.45, 7) is -1.15. The van der Waals surface area contributed by atoms with Gasteiger partial charge < -0.3 is 10.1 Å². The van der Waals surface area contributed by atoms with E-state index in [4.69, 9.17) is 0 Å². The van der Waals surface area contributed by atoms with E-state index in [-0.39, 0.29) is 28.2 Å². The zero-order valence-electron chi connectivity index (χ0n) is 18.1. The topological polar surface area (TPSA) is 95.2 Å². The molecule has 1 amide bonds. The van der Waals surface area contributed by atoms with Crippen LogP contribution in [0.4, 0.5) is 22.7 Å². The van der Waals surface area contributed by atoms with E-state index in [0.29, 0.717) is 10.4 Å². The monoisotopic (exact) mass is 528 g/mol. The van der Waals surface area contributed by atoms with Gasteiger partial charge in [0.2, 0.25) is 5.91 Å². The van der Waals surface area contributed by atoms with Crippen LogP contribution in [0.1, 0.15) is 4.88 Å². The van der Waals surface area contributed by atoms with Gasteiger partial charge in [-0.2, -0.15) is 0 Å². The molecule has 0 saturated heterocycles. The zero-order chi connectivity index (χ0) is 25.4. The van der Waals surface area contributed by atoms with Crippen LogP contribution < -0.4 is 21.3 Å². The SMILES string of the molecule is Cn1c(=O)c2c(CC(=O)Nc3nc(-c4cc(F)c(OCC(F)F)c(F)c4)cs3)scc2n(C)c1=O. The molecule has 4 rings (SSSR count). The van der Waals surface area contributed by atoms with E-state index in [2.05, 4.69) is 15.0 Å². The summed E-state index contributed by atoms with van der Waals surface area (Å²) in [7, 11) is 2.88. The van der Waals surface area contributed by atoms with Crippen LogP contribution >= 0.6 is 22.7 Å². The smallest absolute Gasteiger partial charge is 0.330 e. The molecule has 0 spiro atoms. The van der Waals surface area contributed by atoms with Crippen LogP contribution in [0.5, 0.6) is 5.75 Å². The molecule has 35 heavy (non-hydrogen) atoms. The number of hydrogen-bond donors (Lipinski definition) is 1. The first kappa shape index (κ1) is 24.6. The van der Waals surface area contributed by atoms with Crippen LogP contribution in [0.15, 0.2) is 32.5 Å². The average Bonchev–Trinajstić information content (AvgIpc) is 3.42. The third kappa shape index (κ3) is 4.84. The molecular weight excluding hydrogens is 512 g/mol. The highest BCUT2D eigenvalue weighted by Gasteiger charge is 2.19. The minimum Gasteiger partial charge on any atom is -0.482 e. The summed E-state index contributed by atoms with van der Waals surface area (Å²) < 4.78 is 59.6. The molecule has 0 aliphatic carbocycles. The predicted octanol–water partition coefficient (Wildman–Crippen LogP) is 3.53. The lowest BCUT2D eigenvalue weighted by atomic mass is 10.1. The Morgan fingerprint density at radius 1 is 1.11 bits per heavy atom. The fourth-order valence-corrected chi connectivity index (χ4v) is 5.13. The lowest BCUT2D eigenvalue weighted by molar-refractivity contribution is -0.115. The highest BCUT2D eigenvalue weighted by Crippen LogP contribution is 2.31. The molecule has 0 bridgehead atoms. The number of nitrogens with one attached hydrogen (secondary N) is 1. The summed E-state index contributed by atoms with van der Waals surface area (Å²) in [6.07, 6.45) is -3.05. The van der Waals surface area contributed by atoms with Crippen molar-refractivity contribution in [2.75, 3.05) is 11.9 Å². The van der Waals surface area contributed by atoms with Crippen molar-refractivity contribution in [2.45, 2.75) is 12.8 Å². The number of thiazole rings is 1. The Bertz CT molecular complexity index is 1530. The normalized spacial score (nSPS) is 11.4. The third-order valence-corrected chi connectivity index (χ3v) is 6.75. The molecular formula is C21H16F4N4O4S2. The number of carbonyl (C=O) groups is 1. The van der Waals surface area contributed by atoms with Crippen molar-refractivity contribution in [2.24, 2.45) is 14.1 Å². The van der Waals surface area contributed by atoms with Gasteiger partial charge in [-0.3, -0.25) is 18.7 Å². The van der Waals surface area contributed by atoms with Crippen LogP contribution in [0.3, 0.4) is 0 Å². The molecule has 4 aromatic rings. The number of carbonyl (C=O) groups excluding carboxylic acids is 1. The summed E-state index contributed by atoms with van der Waals surface area (Å²) >= 11 is 2.17. The van der Waals surface area contributed by atoms with Crippen LogP contribution in [0.2, 0.25) is 0 Å². The largest absolute Gasteiger partial charge is 0.482 e. The Balaban J connectivity index is 1.52. The quantitative estimate of drug-likeness (QED) is 0.371. The molecule has 0 aliphatic rings. The molecule has 3 heterocycles. The number of halogens is 4. The number of alkyl halides is 2. The number of hydrogen-bond acceptors (Lipinski definition) is 7. The Labute approximate surface area is 202 Å². The Morgan fingerprint density at radius 2 is 1.80 bits per heavy atom. The van der Waals surface area contributed by atoms with Gasteiger partial charge in [-0.25, -0.2) is 27.3 Å². The van der Waals surface area contributed by atoms with Gasteiger partial charge >= 0.3 is 5.69 Å². The van der Waals surface area contributed by atoms with Gasteiger partial charge in [0.05, 0.1) is 23.0 Å². The number of fused-ring (bicyclic) bond motifs is 1. The maximum Gasteiger partial charge on any atom is 0.330 e. The van der Waals surface area contributed by atoms with Crippen LogP contribution in [-0.4, -0.2) is 33.1 Å². The van der Waals surface area contributed by atoms with Crippen LogP contribution in [0, 0.1) is 11.6 Å². The molecule has 3 aromatic heterocycles. The number of thiophene rings is 1. The number of nitrogens with zero attached hydrogens (tertiary/aromatic N) is 3. The molecule has 1 N–H and O–H groups in total. The van der Waals surface area contributed by atoms with Crippen molar-refractivity contribution < 1.29 is 27.1 Å². The minimum atomic E-state index is -2.89. The number of aromatic nitrogens is 3. The van der Waals surface area contributed by atoms with E-state index in [1.165, 1.54) is 35.4 Å². The fraction of sp³-hybridized carbons (Fsp3) is 0.238. The second-order valence-corrected chi connectivity index (χ2v) is 9.18. The van der Waals surface area contributed by atoms with Crippen LogP contribution in [0.25, 0.3) is 22.2 Å². The predicted molar refractivity (Wildman–Crippen MR) is 124 cm³/mol. The van der Waals surface area contributed by atoms with Crippen LogP contribution in [-0.2, 0) is 25.3 Å². The summed E-state index contributed by atoms with van der Waals surface area (Å²) in [6, 6.07) is 1.78. The van der Waals surface area contributed by atoms with E-state index in [1.807, 2.05) is 0 Å². The summed E-state index contributed by atoms with van der Waals surface area (Å²) in [5.41, 5.74) is -0.391. The highest BCUT2D eigenvalue weighted by atomic mass is 32.1. The molecule has 0 aliphatic heterocycles. The van der Waals surface area contributed by atoms with Crippen molar-refractivity contribution in [1.29, 1.82) is 0 Å². The van der Waals surface area contributed by atoms with E-state index in [9.17, 15) is 31.9 Å². The second-order valence-electron chi connectivity index (χ2n) is 7.36. The van der Waals surface area contributed by atoms with Gasteiger partial charge in [0, 0.05) is 35.3 Å². The average molecular weight is 529 g/mol. The molecule has 1 aromatic carbocycles. The maximum absolute atomic E-state index is 14.2. The number of benzene rings is 1. The second kappa shape index (κ2) is 9.62. The molecule has 0 fully saturated rings. The lowest BCUT2D eigenvalue weighted by Gasteiger charge is -2.09.